The average Bonchev–Trinajstić information content (AvgIpc) is 2.71. The third kappa shape index (κ3) is 2.47. The molecule has 0 fully saturated rings. The van der Waals surface area contributed by atoms with E-state index in [0.717, 1.165) is 10.4 Å². The molecule has 0 aromatic carbocycles. The van der Waals surface area contributed by atoms with Gasteiger partial charge in [-0.2, -0.15) is 18.2 Å². The Kier molecular flexibility index (Phi) is 3.05. The summed E-state index contributed by atoms with van der Waals surface area (Å²) in [5.41, 5.74) is 7.15. The van der Waals surface area contributed by atoms with E-state index in [-0.39, 0.29) is 11.7 Å². The number of hydrogen-bond acceptors (Lipinski definition) is 5. The van der Waals surface area contributed by atoms with Crippen LogP contribution in [0.25, 0.3) is 11.5 Å². The van der Waals surface area contributed by atoms with Crippen LogP contribution in [0.4, 0.5) is 18.2 Å². The maximum absolute atomic E-state index is 12.2. The molecule has 0 aliphatic carbocycles. The highest BCUT2D eigenvalue weighted by Gasteiger charge is 2.31. The molecule has 2 N–H and O–H groups in total. The molecule has 0 unspecified atom stereocenters. The van der Waals surface area contributed by atoms with Crippen LogP contribution in [-0.2, 0) is 6.42 Å². The molecule has 2 heterocycles. The zero-order valence-electron chi connectivity index (χ0n) is 9.63. The minimum atomic E-state index is -4.35. The molecule has 0 radical (unpaired) electrons. The smallest absolute Gasteiger partial charge is 0.390 e. The molecule has 0 saturated heterocycles. The quantitative estimate of drug-likeness (QED) is 0.916. The van der Waals surface area contributed by atoms with Gasteiger partial charge in [0.25, 0.3) is 5.89 Å². The zero-order chi connectivity index (χ0) is 13.5. The van der Waals surface area contributed by atoms with E-state index in [0.29, 0.717) is 10.6 Å². The van der Waals surface area contributed by atoms with Gasteiger partial charge in [0, 0.05) is 4.88 Å². The molecule has 0 amide bonds. The summed E-state index contributed by atoms with van der Waals surface area (Å²) in [5, 5.41) is 3.78. The second-order valence-corrected chi connectivity index (χ2v) is 5.09. The Hall–Kier alpha value is -1.57. The van der Waals surface area contributed by atoms with E-state index in [1.54, 1.807) is 0 Å². The number of rotatable bonds is 2. The van der Waals surface area contributed by atoms with Crippen molar-refractivity contribution >= 4 is 16.3 Å². The molecule has 18 heavy (non-hydrogen) atoms. The van der Waals surface area contributed by atoms with Gasteiger partial charge in [0.05, 0.1) is 10.6 Å². The van der Waals surface area contributed by atoms with Crippen LogP contribution >= 0.6 is 11.3 Å². The van der Waals surface area contributed by atoms with E-state index in [9.17, 15) is 13.2 Å². The first kappa shape index (κ1) is 12.9. The Morgan fingerprint density at radius 2 is 2.00 bits per heavy atom. The second-order valence-electron chi connectivity index (χ2n) is 3.83. The third-order valence-corrected chi connectivity index (χ3v) is 3.49. The largest absolute Gasteiger partial charge is 0.396 e. The zero-order valence-corrected chi connectivity index (χ0v) is 10.4. The fraction of sp³-hybridized carbons (Fsp3) is 0.400. The summed E-state index contributed by atoms with van der Waals surface area (Å²) in [6.45, 7) is 3.68. The van der Waals surface area contributed by atoms with Gasteiger partial charge in [-0.3, -0.25) is 0 Å². The molecule has 0 aliphatic heterocycles. The Morgan fingerprint density at radius 3 is 2.50 bits per heavy atom. The molecule has 2 aromatic rings. The Balaban J connectivity index is 2.35. The highest BCUT2D eigenvalue weighted by molar-refractivity contribution is 7.16. The van der Waals surface area contributed by atoms with E-state index in [2.05, 4.69) is 10.1 Å². The van der Waals surface area contributed by atoms with Crippen LogP contribution in [0.1, 0.15) is 16.3 Å². The highest BCUT2D eigenvalue weighted by Crippen LogP contribution is 2.37. The number of nitrogen functional groups attached to an aromatic ring is 1. The molecule has 98 valence electrons. The number of alkyl halides is 3. The van der Waals surface area contributed by atoms with Crippen molar-refractivity contribution in [1.29, 1.82) is 0 Å². The number of thiophene rings is 1. The lowest BCUT2D eigenvalue weighted by Gasteiger charge is -1.99. The van der Waals surface area contributed by atoms with Crippen molar-refractivity contribution < 1.29 is 17.7 Å². The van der Waals surface area contributed by atoms with Gasteiger partial charge in [-0.05, 0) is 19.4 Å². The van der Waals surface area contributed by atoms with Crippen molar-refractivity contribution in [1.82, 2.24) is 10.1 Å². The number of halogens is 3. The van der Waals surface area contributed by atoms with Gasteiger partial charge in [-0.15, -0.1) is 11.3 Å². The number of aryl methyl sites for hydroxylation is 1. The lowest BCUT2D eigenvalue weighted by molar-refractivity contribution is -0.128. The standard InChI is InChI=1S/C10H10F3N3OS/c1-4-5(2)18-8(14)7(4)9-15-6(16-17-9)3-10(11,12)13/h3,14H2,1-2H3. The topological polar surface area (TPSA) is 64.9 Å². The van der Waals surface area contributed by atoms with Crippen LogP contribution in [0.15, 0.2) is 4.52 Å². The van der Waals surface area contributed by atoms with Crippen LogP contribution in [-0.4, -0.2) is 16.3 Å². The number of anilines is 1. The predicted octanol–water partition coefficient (Wildman–Crippen LogP) is 3.10. The molecule has 2 rings (SSSR count). The molecule has 8 heteroatoms. The maximum atomic E-state index is 12.2. The highest BCUT2D eigenvalue weighted by atomic mass is 32.1. The number of nitrogens with two attached hydrogens (primary N) is 1. The van der Waals surface area contributed by atoms with Gasteiger partial charge < -0.3 is 10.3 Å². The van der Waals surface area contributed by atoms with E-state index < -0.39 is 12.6 Å². The SMILES string of the molecule is Cc1sc(N)c(-c2nc(CC(F)(F)F)no2)c1C. The number of hydrogen-bond donors (Lipinski definition) is 1. The molecular weight excluding hydrogens is 267 g/mol. The molecule has 4 nitrogen and oxygen atoms in total. The number of aromatic nitrogens is 2. The summed E-state index contributed by atoms with van der Waals surface area (Å²) in [7, 11) is 0. The van der Waals surface area contributed by atoms with Crippen LogP contribution in [0.5, 0.6) is 0 Å². The summed E-state index contributed by atoms with van der Waals surface area (Å²) in [6.07, 6.45) is -5.56. The predicted molar refractivity (Wildman–Crippen MR) is 61.3 cm³/mol. The first-order valence-corrected chi connectivity index (χ1v) is 5.84. The average molecular weight is 277 g/mol. The molecule has 0 aliphatic rings. The van der Waals surface area contributed by atoms with Gasteiger partial charge in [0.15, 0.2) is 5.82 Å². The van der Waals surface area contributed by atoms with E-state index >= 15 is 0 Å². The minimum absolute atomic E-state index is 0.0357. The first-order chi connectivity index (χ1) is 8.28. The van der Waals surface area contributed by atoms with Gasteiger partial charge in [-0.25, -0.2) is 0 Å². The van der Waals surface area contributed by atoms with E-state index in [1.807, 2.05) is 13.8 Å². The van der Waals surface area contributed by atoms with Crippen molar-refractivity contribution in [2.24, 2.45) is 0 Å². The van der Waals surface area contributed by atoms with Crippen molar-refractivity contribution in [2.75, 3.05) is 5.73 Å². The van der Waals surface area contributed by atoms with Crippen LogP contribution in [0, 0.1) is 13.8 Å². The molecule has 2 aromatic heterocycles. The Labute approximate surface area is 105 Å². The lowest BCUT2D eigenvalue weighted by atomic mass is 10.1. The summed E-state index contributed by atoms with van der Waals surface area (Å²) in [6, 6.07) is 0. The van der Waals surface area contributed by atoms with Crippen LogP contribution < -0.4 is 5.73 Å². The summed E-state index contributed by atoms with van der Waals surface area (Å²) in [5.74, 6) is -0.353. The third-order valence-electron chi connectivity index (χ3n) is 2.45. The first-order valence-electron chi connectivity index (χ1n) is 5.03. The second kappa shape index (κ2) is 4.27. The van der Waals surface area contributed by atoms with Crippen LogP contribution in [0.3, 0.4) is 0 Å². The van der Waals surface area contributed by atoms with Crippen molar-refractivity contribution in [2.45, 2.75) is 26.4 Å². The molecule has 0 bridgehead atoms. The fourth-order valence-corrected chi connectivity index (χ4v) is 2.45. The van der Waals surface area contributed by atoms with Gasteiger partial charge >= 0.3 is 6.18 Å². The van der Waals surface area contributed by atoms with Crippen molar-refractivity contribution in [3.63, 3.8) is 0 Å². The normalized spacial score (nSPS) is 12.1. The Morgan fingerprint density at radius 1 is 1.33 bits per heavy atom. The van der Waals surface area contributed by atoms with Gasteiger partial charge in [0.1, 0.15) is 6.42 Å². The van der Waals surface area contributed by atoms with Crippen molar-refractivity contribution in [3.8, 4) is 11.5 Å². The monoisotopic (exact) mass is 277 g/mol. The molecule has 0 atom stereocenters. The minimum Gasteiger partial charge on any atom is -0.390 e. The molecule has 0 spiro atoms. The molecule has 0 saturated carbocycles. The van der Waals surface area contributed by atoms with E-state index in [4.69, 9.17) is 10.3 Å². The summed E-state index contributed by atoms with van der Waals surface area (Å²) in [4.78, 5) is 4.70. The lowest BCUT2D eigenvalue weighted by Crippen LogP contribution is -2.12. The fourth-order valence-electron chi connectivity index (χ4n) is 1.53. The summed E-state index contributed by atoms with van der Waals surface area (Å²) >= 11 is 1.34. The molecular formula is C10H10F3N3OS. The van der Waals surface area contributed by atoms with Gasteiger partial charge in [-0.1, -0.05) is 5.16 Å². The maximum Gasteiger partial charge on any atom is 0.396 e. The van der Waals surface area contributed by atoms with Crippen LogP contribution in [0.2, 0.25) is 0 Å². The summed E-state index contributed by atoms with van der Waals surface area (Å²) < 4.78 is 41.4. The van der Waals surface area contributed by atoms with Crippen molar-refractivity contribution in [3.05, 3.63) is 16.3 Å². The Bertz CT molecular complexity index is 573. The number of nitrogens with zero attached hydrogens (tertiary/aromatic N) is 2. The van der Waals surface area contributed by atoms with E-state index in [1.165, 1.54) is 11.3 Å². The van der Waals surface area contributed by atoms with Gasteiger partial charge in [0.2, 0.25) is 0 Å².